The fourth-order valence-electron chi connectivity index (χ4n) is 2.42. The van der Waals surface area contributed by atoms with E-state index >= 15 is 0 Å². The minimum atomic E-state index is -4.41. The third-order valence-electron chi connectivity index (χ3n) is 3.86. The largest absolute Gasteiger partial charge is 0.416 e. The predicted molar refractivity (Wildman–Crippen MR) is 87.2 cm³/mol. The molecule has 0 N–H and O–H groups in total. The Labute approximate surface area is 139 Å². The SMILES string of the molecule is CC(=O)c1ccc(Cc2ccc(C(C)(C)C)cc2C(F)(F)F)cn1. The lowest BCUT2D eigenvalue weighted by atomic mass is 9.84. The van der Waals surface area contributed by atoms with E-state index in [1.807, 2.05) is 20.8 Å². The molecule has 0 spiro atoms. The molecule has 128 valence electrons. The lowest BCUT2D eigenvalue weighted by Crippen LogP contribution is -2.16. The Bertz CT molecular complexity index is 741. The van der Waals surface area contributed by atoms with Gasteiger partial charge in [0.05, 0.1) is 5.56 Å². The first kappa shape index (κ1) is 18.2. The van der Waals surface area contributed by atoms with Crippen molar-refractivity contribution in [2.45, 2.75) is 45.7 Å². The van der Waals surface area contributed by atoms with Crippen molar-refractivity contribution in [3.05, 3.63) is 64.5 Å². The third kappa shape index (κ3) is 4.22. The molecule has 0 saturated heterocycles. The van der Waals surface area contributed by atoms with E-state index in [-0.39, 0.29) is 23.2 Å². The first-order valence-electron chi connectivity index (χ1n) is 7.65. The number of rotatable bonds is 3. The molecule has 2 rings (SSSR count). The van der Waals surface area contributed by atoms with Crippen LogP contribution in [0.2, 0.25) is 0 Å². The maximum absolute atomic E-state index is 13.4. The van der Waals surface area contributed by atoms with E-state index in [0.717, 1.165) is 0 Å². The minimum absolute atomic E-state index is 0.116. The molecule has 0 saturated carbocycles. The maximum atomic E-state index is 13.4. The van der Waals surface area contributed by atoms with Crippen LogP contribution in [0.1, 0.15) is 60.4 Å². The van der Waals surface area contributed by atoms with Crippen LogP contribution in [-0.2, 0) is 18.0 Å². The summed E-state index contributed by atoms with van der Waals surface area (Å²) in [6.07, 6.45) is -2.84. The van der Waals surface area contributed by atoms with Gasteiger partial charge in [-0.15, -0.1) is 0 Å². The van der Waals surface area contributed by atoms with Gasteiger partial charge in [-0.3, -0.25) is 9.78 Å². The number of halogens is 3. The van der Waals surface area contributed by atoms with E-state index in [2.05, 4.69) is 4.98 Å². The van der Waals surface area contributed by atoms with Crippen molar-refractivity contribution in [1.29, 1.82) is 0 Å². The summed E-state index contributed by atoms with van der Waals surface area (Å²) < 4.78 is 40.3. The summed E-state index contributed by atoms with van der Waals surface area (Å²) in [6, 6.07) is 7.67. The van der Waals surface area contributed by atoms with Gasteiger partial charge in [-0.2, -0.15) is 13.2 Å². The average Bonchev–Trinajstić information content (AvgIpc) is 2.46. The Hall–Kier alpha value is -2.17. The van der Waals surface area contributed by atoms with Gasteiger partial charge in [0.15, 0.2) is 5.78 Å². The quantitative estimate of drug-likeness (QED) is 0.722. The molecule has 1 aromatic carbocycles. The number of aromatic nitrogens is 1. The van der Waals surface area contributed by atoms with Gasteiger partial charge in [0.2, 0.25) is 0 Å². The highest BCUT2D eigenvalue weighted by molar-refractivity contribution is 5.91. The number of pyridine rings is 1. The molecule has 5 heteroatoms. The molecular weight excluding hydrogens is 315 g/mol. The monoisotopic (exact) mass is 335 g/mol. The summed E-state index contributed by atoms with van der Waals surface area (Å²) in [4.78, 5) is 15.2. The Morgan fingerprint density at radius 3 is 2.21 bits per heavy atom. The van der Waals surface area contributed by atoms with E-state index < -0.39 is 11.7 Å². The van der Waals surface area contributed by atoms with Crippen LogP contribution in [0.25, 0.3) is 0 Å². The van der Waals surface area contributed by atoms with Crippen molar-refractivity contribution in [2.75, 3.05) is 0 Å². The average molecular weight is 335 g/mol. The normalized spacial score (nSPS) is 12.3. The van der Waals surface area contributed by atoms with Crippen LogP contribution in [0.15, 0.2) is 36.5 Å². The van der Waals surface area contributed by atoms with Gasteiger partial charge < -0.3 is 0 Å². The standard InChI is InChI=1S/C19H20F3NO/c1-12(24)17-8-5-13(11-23-17)9-14-6-7-15(18(2,3)4)10-16(14)19(20,21)22/h5-8,10-11H,9H2,1-4H3. The predicted octanol–water partition coefficient (Wildman–Crippen LogP) is 5.19. The van der Waals surface area contributed by atoms with Crippen LogP contribution in [-0.4, -0.2) is 10.8 Å². The minimum Gasteiger partial charge on any atom is -0.293 e. The molecule has 0 aliphatic heterocycles. The Morgan fingerprint density at radius 1 is 1.08 bits per heavy atom. The van der Waals surface area contributed by atoms with Gasteiger partial charge in [0, 0.05) is 13.1 Å². The van der Waals surface area contributed by atoms with Gasteiger partial charge in [0.25, 0.3) is 0 Å². The van der Waals surface area contributed by atoms with Crippen molar-refractivity contribution < 1.29 is 18.0 Å². The number of alkyl halides is 3. The zero-order valence-corrected chi connectivity index (χ0v) is 14.2. The number of carbonyl (C=O) groups excluding carboxylic acids is 1. The molecule has 0 atom stereocenters. The highest BCUT2D eigenvalue weighted by Crippen LogP contribution is 2.36. The Balaban J connectivity index is 2.40. The van der Waals surface area contributed by atoms with E-state index in [4.69, 9.17) is 0 Å². The summed E-state index contributed by atoms with van der Waals surface area (Å²) in [5, 5.41) is 0. The summed E-state index contributed by atoms with van der Waals surface area (Å²) in [5.74, 6) is -0.174. The highest BCUT2D eigenvalue weighted by Gasteiger charge is 2.34. The first-order chi connectivity index (χ1) is 11.0. The highest BCUT2D eigenvalue weighted by atomic mass is 19.4. The Kier molecular flexibility index (Phi) is 4.83. The number of hydrogen-bond donors (Lipinski definition) is 0. The molecule has 0 bridgehead atoms. The number of Topliss-reactive ketones (excluding diaryl/α,β-unsaturated/α-hetero) is 1. The fourth-order valence-corrected chi connectivity index (χ4v) is 2.42. The maximum Gasteiger partial charge on any atom is 0.416 e. The second-order valence-electron chi connectivity index (χ2n) is 6.90. The summed E-state index contributed by atoms with van der Waals surface area (Å²) in [6.45, 7) is 7.04. The molecule has 0 aliphatic rings. The zero-order chi connectivity index (χ0) is 18.1. The number of benzene rings is 1. The number of carbonyl (C=O) groups is 1. The van der Waals surface area contributed by atoms with Gasteiger partial charge in [-0.1, -0.05) is 39.0 Å². The summed E-state index contributed by atoms with van der Waals surface area (Å²) in [5.41, 5.74) is 0.803. The second-order valence-corrected chi connectivity index (χ2v) is 6.90. The summed E-state index contributed by atoms with van der Waals surface area (Å²) in [7, 11) is 0. The Morgan fingerprint density at radius 2 is 1.75 bits per heavy atom. The smallest absolute Gasteiger partial charge is 0.293 e. The van der Waals surface area contributed by atoms with E-state index in [1.165, 1.54) is 31.3 Å². The second kappa shape index (κ2) is 6.38. The molecule has 24 heavy (non-hydrogen) atoms. The zero-order valence-electron chi connectivity index (χ0n) is 14.2. The summed E-state index contributed by atoms with van der Waals surface area (Å²) >= 11 is 0. The topological polar surface area (TPSA) is 30.0 Å². The van der Waals surface area contributed by atoms with Crippen molar-refractivity contribution in [3.63, 3.8) is 0 Å². The van der Waals surface area contributed by atoms with Gasteiger partial charge in [-0.05, 0) is 40.7 Å². The van der Waals surface area contributed by atoms with E-state index in [1.54, 1.807) is 12.1 Å². The van der Waals surface area contributed by atoms with Gasteiger partial charge in [-0.25, -0.2) is 0 Å². The van der Waals surface area contributed by atoms with E-state index in [0.29, 0.717) is 16.8 Å². The lowest BCUT2D eigenvalue weighted by Gasteiger charge is -2.22. The molecule has 0 aliphatic carbocycles. The van der Waals surface area contributed by atoms with Crippen molar-refractivity contribution in [3.8, 4) is 0 Å². The first-order valence-corrected chi connectivity index (χ1v) is 7.65. The molecule has 2 aromatic rings. The van der Waals surface area contributed by atoms with E-state index in [9.17, 15) is 18.0 Å². The molecule has 0 unspecified atom stereocenters. The number of hydrogen-bond acceptors (Lipinski definition) is 2. The molecule has 1 heterocycles. The van der Waals surface area contributed by atoms with Crippen LogP contribution in [0, 0.1) is 0 Å². The third-order valence-corrected chi connectivity index (χ3v) is 3.86. The lowest BCUT2D eigenvalue weighted by molar-refractivity contribution is -0.138. The number of nitrogens with zero attached hydrogens (tertiary/aromatic N) is 1. The van der Waals surface area contributed by atoms with Crippen LogP contribution < -0.4 is 0 Å². The molecule has 0 fully saturated rings. The van der Waals surface area contributed by atoms with Crippen LogP contribution in [0.4, 0.5) is 13.2 Å². The van der Waals surface area contributed by atoms with Gasteiger partial charge in [0.1, 0.15) is 5.69 Å². The molecule has 0 radical (unpaired) electrons. The molecule has 2 nitrogen and oxygen atoms in total. The molecule has 1 aromatic heterocycles. The fraction of sp³-hybridized carbons (Fsp3) is 0.368. The van der Waals surface area contributed by atoms with Crippen LogP contribution in [0.5, 0.6) is 0 Å². The molecule has 0 amide bonds. The van der Waals surface area contributed by atoms with Gasteiger partial charge >= 0.3 is 6.18 Å². The van der Waals surface area contributed by atoms with Crippen LogP contribution >= 0.6 is 0 Å². The van der Waals surface area contributed by atoms with Crippen molar-refractivity contribution in [1.82, 2.24) is 4.98 Å². The molecular formula is C19H20F3NO. The van der Waals surface area contributed by atoms with Crippen molar-refractivity contribution >= 4 is 5.78 Å². The van der Waals surface area contributed by atoms with Crippen molar-refractivity contribution in [2.24, 2.45) is 0 Å². The number of ketones is 1. The van der Waals surface area contributed by atoms with Crippen LogP contribution in [0.3, 0.4) is 0 Å².